The molecule has 5 nitrogen and oxygen atoms in total. The third kappa shape index (κ3) is 3.14. The number of amides is 1. The number of rotatable bonds is 4. The molecule has 2 saturated carbocycles. The number of hydrogen-bond donors (Lipinski definition) is 1. The largest absolute Gasteiger partial charge is 0.481 e. The maximum atomic E-state index is 12.5. The highest BCUT2D eigenvalue weighted by Crippen LogP contribution is 2.65. The van der Waals surface area contributed by atoms with E-state index in [0.29, 0.717) is 17.3 Å². The maximum absolute atomic E-state index is 12.5. The minimum atomic E-state index is -0.655. The third-order valence-electron chi connectivity index (χ3n) is 7.76. The van der Waals surface area contributed by atoms with Gasteiger partial charge in [-0.05, 0) is 73.3 Å². The second-order valence-electron chi connectivity index (χ2n) is 9.32. The van der Waals surface area contributed by atoms with Crippen LogP contribution in [0.25, 0.3) is 0 Å². The molecule has 2 atom stereocenters. The second-order valence-corrected chi connectivity index (χ2v) is 9.32. The molecule has 2 aliphatic heterocycles. The minimum absolute atomic E-state index is 0.154. The van der Waals surface area contributed by atoms with Crippen LogP contribution in [0.2, 0.25) is 0 Å². The summed E-state index contributed by atoms with van der Waals surface area (Å²) in [4.78, 5) is 25.6. The standard InChI is InChI=1S/C23H29NO4/c25-21(20-2-1-11-28-20)24-9-7-23(8-10-24)14-19(23)16-5-3-15(4-6-16)17-12-18(13-17)22(26)27/h3-6,17-20H,1-2,7-14H2,(H,26,27)/t17-,18-,19-,20+/m0/s1. The first-order valence-corrected chi connectivity index (χ1v) is 10.8. The average molecular weight is 383 g/mol. The van der Waals surface area contributed by atoms with Crippen LogP contribution < -0.4 is 0 Å². The fourth-order valence-electron chi connectivity index (χ4n) is 5.61. The van der Waals surface area contributed by atoms with E-state index in [2.05, 4.69) is 24.3 Å². The van der Waals surface area contributed by atoms with Gasteiger partial charge in [-0.2, -0.15) is 0 Å². The molecule has 5 rings (SSSR count). The van der Waals surface area contributed by atoms with Crippen LogP contribution in [0.4, 0.5) is 0 Å². The van der Waals surface area contributed by atoms with Gasteiger partial charge in [0.05, 0.1) is 5.92 Å². The van der Waals surface area contributed by atoms with E-state index in [4.69, 9.17) is 9.84 Å². The zero-order valence-electron chi connectivity index (χ0n) is 16.3. The van der Waals surface area contributed by atoms with Gasteiger partial charge in [-0.1, -0.05) is 24.3 Å². The van der Waals surface area contributed by atoms with E-state index in [-0.39, 0.29) is 17.9 Å². The highest BCUT2D eigenvalue weighted by Gasteiger charge is 2.55. The van der Waals surface area contributed by atoms with Gasteiger partial charge in [0.1, 0.15) is 6.10 Å². The van der Waals surface area contributed by atoms with Gasteiger partial charge in [0.15, 0.2) is 0 Å². The number of carbonyl (C=O) groups is 2. The van der Waals surface area contributed by atoms with Crippen molar-refractivity contribution in [2.75, 3.05) is 19.7 Å². The zero-order valence-corrected chi connectivity index (χ0v) is 16.3. The highest BCUT2D eigenvalue weighted by atomic mass is 16.5. The lowest BCUT2D eigenvalue weighted by molar-refractivity contribution is -0.145. The Kier molecular flexibility index (Phi) is 4.46. The topological polar surface area (TPSA) is 66.8 Å². The number of piperidine rings is 1. The van der Waals surface area contributed by atoms with Crippen LogP contribution in [0.1, 0.15) is 67.9 Å². The van der Waals surface area contributed by atoms with Crippen molar-refractivity contribution in [1.29, 1.82) is 0 Å². The lowest BCUT2D eigenvalue weighted by atomic mass is 9.71. The van der Waals surface area contributed by atoms with Crippen molar-refractivity contribution < 1.29 is 19.4 Å². The van der Waals surface area contributed by atoms with Crippen molar-refractivity contribution in [1.82, 2.24) is 4.90 Å². The van der Waals surface area contributed by atoms with Gasteiger partial charge in [0.25, 0.3) is 5.91 Å². The van der Waals surface area contributed by atoms with Gasteiger partial charge < -0.3 is 14.7 Å². The third-order valence-corrected chi connectivity index (χ3v) is 7.76. The van der Waals surface area contributed by atoms with E-state index >= 15 is 0 Å². The smallest absolute Gasteiger partial charge is 0.306 e. The Morgan fingerprint density at radius 2 is 1.75 bits per heavy atom. The first kappa shape index (κ1) is 18.2. The molecule has 0 bridgehead atoms. The number of ether oxygens (including phenoxy) is 1. The molecule has 150 valence electrons. The van der Waals surface area contributed by atoms with Crippen molar-refractivity contribution in [3.05, 3.63) is 35.4 Å². The highest BCUT2D eigenvalue weighted by molar-refractivity contribution is 5.81. The summed E-state index contributed by atoms with van der Waals surface area (Å²) in [6.07, 6.45) is 6.67. The van der Waals surface area contributed by atoms with E-state index in [9.17, 15) is 9.59 Å². The Hall–Kier alpha value is -1.88. The molecule has 1 aromatic rings. The number of likely N-dealkylation sites (tertiary alicyclic amines) is 1. The van der Waals surface area contributed by atoms with Crippen LogP contribution in [0.5, 0.6) is 0 Å². The number of hydrogen-bond acceptors (Lipinski definition) is 3. The van der Waals surface area contributed by atoms with Crippen LogP contribution in [0, 0.1) is 11.3 Å². The lowest BCUT2D eigenvalue weighted by Gasteiger charge is -2.34. The van der Waals surface area contributed by atoms with Crippen LogP contribution in [-0.2, 0) is 14.3 Å². The molecule has 1 spiro atoms. The molecule has 5 heteroatoms. The van der Waals surface area contributed by atoms with E-state index < -0.39 is 5.97 Å². The summed E-state index contributed by atoms with van der Waals surface area (Å²) in [6.45, 7) is 2.46. The molecule has 0 unspecified atom stereocenters. The molecule has 1 aromatic carbocycles. The van der Waals surface area contributed by atoms with Crippen LogP contribution in [0.15, 0.2) is 24.3 Å². The second kappa shape index (κ2) is 6.87. The zero-order chi connectivity index (χ0) is 19.3. The molecule has 4 aliphatic rings. The normalized spacial score (nSPS) is 33.5. The van der Waals surface area contributed by atoms with Gasteiger partial charge in [-0.15, -0.1) is 0 Å². The van der Waals surface area contributed by atoms with E-state index in [1.807, 2.05) is 4.90 Å². The lowest BCUT2D eigenvalue weighted by Crippen LogP contribution is -2.44. The van der Waals surface area contributed by atoms with Crippen molar-refractivity contribution in [3.63, 3.8) is 0 Å². The molecule has 2 heterocycles. The molecule has 1 amide bonds. The molecule has 0 radical (unpaired) electrons. The molecule has 2 aliphatic carbocycles. The predicted molar refractivity (Wildman–Crippen MR) is 104 cm³/mol. The summed E-state index contributed by atoms with van der Waals surface area (Å²) < 4.78 is 5.57. The molecule has 1 N–H and O–H groups in total. The number of nitrogens with zero attached hydrogens (tertiary/aromatic N) is 1. The van der Waals surface area contributed by atoms with Gasteiger partial charge in [-0.3, -0.25) is 9.59 Å². The van der Waals surface area contributed by atoms with E-state index in [1.54, 1.807) is 0 Å². The van der Waals surface area contributed by atoms with Gasteiger partial charge in [-0.25, -0.2) is 0 Å². The number of carboxylic acids is 1. The molecule has 4 fully saturated rings. The first-order valence-electron chi connectivity index (χ1n) is 10.8. The van der Waals surface area contributed by atoms with Crippen LogP contribution >= 0.6 is 0 Å². The fraction of sp³-hybridized carbons (Fsp3) is 0.652. The monoisotopic (exact) mass is 383 g/mol. The Bertz CT molecular complexity index is 753. The van der Waals surface area contributed by atoms with Gasteiger partial charge in [0, 0.05) is 19.7 Å². The number of carboxylic acid groups (broad SMARTS) is 1. The van der Waals surface area contributed by atoms with Crippen molar-refractivity contribution in [2.24, 2.45) is 11.3 Å². The summed E-state index contributed by atoms with van der Waals surface area (Å²) in [7, 11) is 0. The summed E-state index contributed by atoms with van der Waals surface area (Å²) in [6, 6.07) is 8.93. The van der Waals surface area contributed by atoms with Gasteiger partial charge in [0.2, 0.25) is 0 Å². The molecular weight excluding hydrogens is 354 g/mol. The Morgan fingerprint density at radius 3 is 2.36 bits per heavy atom. The summed E-state index contributed by atoms with van der Waals surface area (Å²) in [5.41, 5.74) is 3.09. The Morgan fingerprint density at radius 1 is 1.07 bits per heavy atom. The fourth-order valence-corrected chi connectivity index (χ4v) is 5.61. The van der Waals surface area contributed by atoms with E-state index in [0.717, 1.165) is 58.2 Å². The number of benzene rings is 1. The average Bonchev–Trinajstić information content (AvgIpc) is 3.10. The Labute approximate surface area is 166 Å². The molecule has 28 heavy (non-hydrogen) atoms. The van der Waals surface area contributed by atoms with Crippen LogP contribution in [0.3, 0.4) is 0 Å². The van der Waals surface area contributed by atoms with Gasteiger partial charge >= 0.3 is 5.97 Å². The summed E-state index contributed by atoms with van der Waals surface area (Å²) in [5.74, 6) is 0.426. The number of carbonyl (C=O) groups excluding carboxylic acids is 1. The molecular formula is C23H29NO4. The quantitative estimate of drug-likeness (QED) is 0.864. The predicted octanol–water partition coefficient (Wildman–Crippen LogP) is 3.54. The Balaban J connectivity index is 1.15. The SMILES string of the molecule is O=C([C@H]1CCCO1)N1CCC2(CC1)C[C@H]2c1ccc([C@H]2C[C@H](C(=O)O)C2)cc1. The minimum Gasteiger partial charge on any atom is -0.481 e. The van der Waals surface area contributed by atoms with E-state index in [1.165, 1.54) is 17.5 Å². The maximum Gasteiger partial charge on any atom is 0.306 e. The van der Waals surface area contributed by atoms with Crippen LogP contribution in [-0.4, -0.2) is 47.7 Å². The molecule has 2 saturated heterocycles. The van der Waals surface area contributed by atoms with Crippen molar-refractivity contribution in [2.45, 2.75) is 62.9 Å². The summed E-state index contributed by atoms with van der Waals surface area (Å²) in [5, 5.41) is 9.05. The van der Waals surface area contributed by atoms with Crippen molar-refractivity contribution >= 4 is 11.9 Å². The summed E-state index contributed by atoms with van der Waals surface area (Å²) >= 11 is 0. The molecule has 0 aromatic heterocycles. The number of aliphatic carboxylic acids is 1. The van der Waals surface area contributed by atoms with Crippen molar-refractivity contribution in [3.8, 4) is 0 Å². The first-order chi connectivity index (χ1) is 13.6.